The smallest absolute Gasteiger partial charge is 0.323 e. The van der Waals surface area contributed by atoms with Crippen LogP contribution in [-0.2, 0) is 0 Å². The van der Waals surface area contributed by atoms with Crippen LogP contribution in [0.1, 0.15) is 24.5 Å². The molecule has 0 saturated carbocycles. The third kappa shape index (κ3) is 4.04. The second-order valence-corrected chi connectivity index (χ2v) is 5.49. The molecule has 1 heterocycles. The van der Waals surface area contributed by atoms with Crippen molar-refractivity contribution in [2.24, 2.45) is 0 Å². The number of nitrogens with one attached hydrogen (secondary N) is 1. The Morgan fingerprint density at radius 1 is 1.19 bits per heavy atom. The van der Waals surface area contributed by atoms with E-state index in [4.69, 9.17) is 10.5 Å². The van der Waals surface area contributed by atoms with Gasteiger partial charge in [0.05, 0.1) is 6.61 Å². The third-order valence-corrected chi connectivity index (χ3v) is 4.01. The van der Waals surface area contributed by atoms with Crippen LogP contribution >= 0.6 is 15.9 Å². The van der Waals surface area contributed by atoms with Crippen LogP contribution in [0, 0.1) is 13.8 Å². The fourth-order valence-corrected chi connectivity index (χ4v) is 2.06. The molecule has 2 aromatic rings. The number of aryl methyl sites for hydroxylation is 2. The first-order valence-electron chi connectivity index (χ1n) is 6.67. The van der Waals surface area contributed by atoms with Crippen molar-refractivity contribution in [1.82, 2.24) is 15.0 Å². The van der Waals surface area contributed by atoms with Crippen LogP contribution in [0.5, 0.6) is 6.01 Å². The summed E-state index contributed by atoms with van der Waals surface area (Å²) in [6, 6.07) is 4.24. The molecule has 0 fully saturated rings. The van der Waals surface area contributed by atoms with Crippen molar-refractivity contribution in [2.45, 2.75) is 27.2 Å². The first-order chi connectivity index (χ1) is 9.99. The number of nitrogens with zero attached hydrogens (tertiary/aromatic N) is 3. The van der Waals surface area contributed by atoms with Gasteiger partial charge in [0.1, 0.15) is 0 Å². The molecular weight excluding hydrogens is 334 g/mol. The number of benzene rings is 1. The maximum absolute atomic E-state index is 5.68. The van der Waals surface area contributed by atoms with Crippen LogP contribution in [0.2, 0.25) is 0 Å². The average Bonchev–Trinajstić information content (AvgIpc) is 2.42. The number of anilines is 3. The van der Waals surface area contributed by atoms with Crippen LogP contribution in [0.4, 0.5) is 17.6 Å². The lowest BCUT2D eigenvalue weighted by atomic mass is 10.1. The van der Waals surface area contributed by atoms with E-state index >= 15 is 0 Å². The van der Waals surface area contributed by atoms with Gasteiger partial charge < -0.3 is 15.8 Å². The monoisotopic (exact) mass is 351 g/mol. The van der Waals surface area contributed by atoms with Crippen molar-refractivity contribution < 1.29 is 4.74 Å². The number of nitrogen functional groups attached to an aromatic ring is 1. The summed E-state index contributed by atoms with van der Waals surface area (Å²) in [5, 5.41) is 3.13. The summed E-state index contributed by atoms with van der Waals surface area (Å²) in [6.45, 7) is 6.61. The van der Waals surface area contributed by atoms with Gasteiger partial charge in [0.15, 0.2) is 0 Å². The van der Waals surface area contributed by atoms with Crippen molar-refractivity contribution in [3.8, 4) is 6.01 Å². The molecule has 3 N–H and O–H groups in total. The highest BCUT2D eigenvalue weighted by Crippen LogP contribution is 2.26. The van der Waals surface area contributed by atoms with E-state index in [1.165, 1.54) is 0 Å². The van der Waals surface area contributed by atoms with E-state index in [-0.39, 0.29) is 12.0 Å². The molecule has 0 unspecified atom stereocenters. The average molecular weight is 352 g/mol. The van der Waals surface area contributed by atoms with E-state index in [0.29, 0.717) is 12.6 Å². The quantitative estimate of drug-likeness (QED) is 0.858. The lowest BCUT2D eigenvalue weighted by molar-refractivity contribution is 0.292. The topological polar surface area (TPSA) is 86.0 Å². The molecule has 0 saturated heterocycles. The van der Waals surface area contributed by atoms with Crippen molar-refractivity contribution in [3.05, 3.63) is 27.7 Å². The molecule has 2 rings (SSSR count). The molecule has 0 aliphatic rings. The molecule has 0 bridgehead atoms. The Kier molecular flexibility index (Phi) is 4.95. The van der Waals surface area contributed by atoms with Crippen LogP contribution in [-0.4, -0.2) is 21.6 Å². The fraction of sp³-hybridized carbons (Fsp3) is 0.357. The Morgan fingerprint density at radius 3 is 2.48 bits per heavy atom. The van der Waals surface area contributed by atoms with Gasteiger partial charge in [0, 0.05) is 10.2 Å². The molecule has 1 aromatic heterocycles. The Morgan fingerprint density at radius 2 is 1.86 bits per heavy atom. The van der Waals surface area contributed by atoms with Crippen LogP contribution < -0.4 is 15.8 Å². The highest BCUT2D eigenvalue weighted by molar-refractivity contribution is 9.10. The van der Waals surface area contributed by atoms with Crippen molar-refractivity contribution in [3.63, 3.8) is 0 Å². The number of hydrogen-bond acceptors (Lipinski definition) is 6. The number of nitrogens with two attached hydrogens (primary N) is 1. The van der Waals surface area contributed by atoms with E-state index in [1.54, 1.807) is 0 Å². The number of aromatic nitrogens is 3. The molecule has 0 atom stereocenters. The molecule has 0 radical (unpaired) electrons. The predicted molar refractivity (Wildman–Crippen MR) is 86.9 cm³/mol. The number of halogens is 1. The van der Waals surface area contributed by atoms with Gasteiger partial charge in [-0.3, -0.25) is 0 Å². The van der Waals surface area contributed by atoms with Crippen LogP contribution in [0.15, 0.2) is 16.6 Å². The Balaban J connectivity index is 2.24. The highest BCUT2D eigenvalue weighted by atomic mass is 79.9. The van der Waals surface area contributed by atoms with Gasteiger partial charge in [-0.25, -0.2) is 0 Å². The zero-order chi connectivity index (χ0) is 15.4. The minimum Gasteiger partial charge on any atom is -0.463 e. The van der Waals surface area contributed by atoms with Gasteiger partial charge in [-0.1, -0.05) is 22.9 Å². The number of hydrogen-bond donors (Lipinski definition) is 2. The van der Waals surface area contributed by atoms with Crippen molar-refractivity contribution in [2.75, 3.05) is 17.7 Å². The molecule has 112 valence electrons. The second kappa shape index (κ2) is 6.71. The van der Waals surface area contributed by atoms with Gasteiger partial charge in [-0.05, 0) is 43.5 Å². The molecule has 0 aliphatic carbocycles. The summed E-state index contributed by atoms with van der Waals surface area (Å²) in [5.74, 6) is 0.499. The van der Waals surface area contributed by atoms with Crippen LogP contribution in [0.25, 0.3) is 0 Å². The van der Waals surface area contributed by atoms with Crippen molar-refractivity contribution in [1.29, 1.82) is 0 Å². The second-order valence-electron chi connectivity index (χ2n) is 4.70. The maximum Gasteiger partial charge on any atom is 0.323 e. The van der Waals surface area contributed by atoms with E-state index < -0.39 is 0 Å². The summed E-state index contributed by atoms with van der Waals surface area (Å²) >= 11 is 3.54. The fourth-order valence-electron chi connectivity index (χ4n) is 1.83. The largest absolute Gasteiger partial charge is 0.463 e. The predicted octanol–water partition coefficient (Wildman–Crippen LogP) is 3.37. The highest BCUT2D eigenvalue weighted by Gasteiger charge is 2.08. The Bertz CT molecular complexity index is 624. The maximum atomic E-state index is 5.68. The first-order valence-corrected chi connectivity index (χ1v) is 7.47. The molecule has 6 nitrogen and oxygen atoms in total. The summed E-state index contributed by atoms with van der Waals surface area (Å²) in [7, 11) is 0. The summed E-state index contributed by atoms with van der Waals surface area (Å²) in [4.78, 5) is 12.2. The standard InChI is InChI=1S/C14H18BrN5O/c1-4-5-21-14-19-12(16)18-13(20-14)17-10-6-8(2)11(15)9(3)7-10/h6-7H,4-5H2,1-3H3,(H3,16,17,18,19,20). The van der Waals surface area contributed by atoms with Gasteiger partial charge in [-0.2, -0.15) is 15.0 Å². The summed E-state index contributed by atoms with van der Waals surface area (Å²) < 4.78 is 6.48. The molecular formula is C14H18BrN5O. The summed E-state index contributed by atoms with van der Waals surface area (Å²) in [5.41, 5.74) is 8.82. The molecule has 7 heteroatoms. The third-order valence-electron chi connectivity index (χ3n) is 2.76. The molecule has 21 heavy (non-hydrogen) atoms. The van der Waals surface area contributed by atoms with Crippen LogP contribution in [0.3, 0.4) is 0 Å². The van der Waals surface area contributed by atoms with Gasteiger partial charge in [0.2, 0.25) is 11.9 Å². The van der Waals surface area contributed by atoms with E-state index in [2.05, 4.69) is 36.2 Å². The zero-order valence-corrected chi connectivity index (χ0v) is 13.9. The van der Waals surface area contributed by atoms with Gasteiger partial charge in [0.25, 0.3) is 0 Å². The number of ether oxygens (including phenoxy) is 1. The lowest BCUT2D eigenvalue weighted by Gasteiger charge is -2.10. The molecule has 1 aromatic carbocycles. The SMILES string of the molecule is CCCOc1nc(N)nc(Nc2cc(C)c(Br)c(C)c2)n1. The van der Waals surface area contributed by atoms with E-state index in [9.17, 15) is 0 Å². The van der Waals surface area contributed by atoms with E-state index in [0.717, 1.165) is 27.7 Å². The van der Waals surface area contributed by atoms with Gasteiger partial charge in [-0.15, -0.1) is 0 Å². The number of rotatable bonds is 5. The molecule has 0 aliphatic heterocycles. The normalized spacial score (nSPS) is 10.5. The minimum absolute atomic E-state index is 0.129. The first kappa shape index (κ1) is 15.5. The van der Waals surface area contributed by atoms with Crippen molar-refractivity contribution >= 4 is 33.5 Å². The summed E-state index contributed by atoms with van der Waals surface area (Å²) in [6.07, 6.45) is 0.874. The lowest BCUT2D eigenvalue weighted by Crippen LogP contribution is -2.07. The minimum atomic E-state index is 0.129. The Hall–Kier alpha value is -1.89. The zero-order valence-electron chi connectivity index (χ0n) is 12.3. The molecule has 0 amide bonds. The van der Waals surface area contributed by atoms with E-state index in [1.807, 2.05) is 32.9 Å². The Labute approximate surface area is 132 Å². The molecule has 0 spiro atoms. The van der Waals surface area contributed by atoms with Gasteiger partial charge >= 0.3 is 6.01 Å².